The Labute approximate surface area is 226 Å². The van der Waals surface area contributed by atoms with Crippen molar-refractivity contribution in [2.75, 3.05) is 0 Å². The van der Waals surface area contributed by atoms with Crippen LogP contribution in [0.2, 0.25) is 0 Å². The average Bonchev–Trinajstić information content (AvgIpc) is 3.36. The third kappa shape index (κ3) is 4.15. The molecule has 1 aliphatic carbocycles. The van der Waals surface area contributed by atoms with Crippen LogP contribution in [0.5, 0.6) is 0 Å². The highest BCUT2D eigenvalue weighted by molar-refractivity contribution is 6.26. The molecule has 7 rings (SSSR count). The third-order valence-corrected chi connectivity index (χ3v) is 7.83. The van der Waals surface area contributed by atoms with Crippen LogP contribution in [-0.4, -0.2) is 16.1 Å². The van der Waals surface area contributed by atoms with Crippen molar-refractivity contribution >= 4 is 33.1 Å². The fraction of sp³-hybridized carbons (Fsp3) is 0.114. The van der Waals surface area contributed by atoms with Gasteiger partial charge < -0.3 is 0 Å². The standard InChI is InChI=1S/C35H27N2O2/c38-34-30-11-5-6-12-31(30)35(39)33-32(34)36(19-17-24-13-15-26-7-1-3-9-28(26)21-24)23-37(33)20-18-25-14-16-27-8-2-4-10-29(27)22-25/h1-16,21-23H,17-20H2/q+1. The molecule has 0 spiro atoms. The molecular weight excluding hydrogens is 480 g/mol. The highest BCUT2D eigenvalue weighted by Gasteiger charge is 2.40. The number of fused-ring (bicyclic) bond motifs is 4. The number of benzene rings is 5. The van der Waals surface area contributed by atoms with E-state index in [-0.39, 0.29) is 11.6 Å². The van der Waals surface area contributed by atoms with Gasteiger partial charge in [-0.1, -0.05) is 109 Å². The topological polar surface area (TPSA) is 43.0 Å². The minimum Gasteiger partial charge on any atom is -0.284 e. The van der Waals surface area contributed by atoms with Crippen LogP contribution in [0.3, 0.4) is 0 Å². The van der Waals surface area contributed by atoms with E-state index in [4.69, 9.17) is 0 Å². The van der Waals surface area contributed by atoms with Crippen LogP contribution in [0.1, 0.15) is 43.2 Å². The zero-order valence-electron chi connectivity index (χ0n) is 21.5. The lowest BCUT2D eigenvalue weighted by Gasteiger charge is -2.13. The van der Waals surface area contributed by atoms with E-state index in [0.29, 0.717) is 35.6 Å². The van der Waals surface area contributed by atoms with Crippen LogP contribution >= 0.6 is 0 Å². The van der Waals surface area contributed by atoms with E-state index in [1.165, 1.54) is 32.7 Å². The second-order valence-electron chi connectivity index (χ2n) is 10.3. The Morgan fingerprint density at radius 1 is 0.564 bits per heavy atom. The van der Waals surface area contributed by atoms with Crippen molar-refractivity contribution in [3.05, 3.63) is 149 Å². The zero-order valence-corrected chi connectivity index (χ0v) is 21.5. The van der Waals surface area contributed by atoms with Gasteiger partial charge in [-0.15, -0.1) is 0 Å². The van der Waals surface area contributed by atoms with Gasteiger partial charge in [0, 0.05) is 24.0 Å². The summed E-state index contributed by atoms with van der Waals surface area (Å²) in [6, 6.07) is 36.8. The number of carbonyl (C=O) groups is 2. The van der Waals surface area contributed by atoms with E-state index in [9.17, 15) is 9.59 Å². The Bertz CT molecular complexity index is 1780. The van der Waals surface area contributed by atoms with Gasteiger partial charge in [-0.25, -0.2) is 9.13 Å². The first-order valence-corrected chi connectivity index (χ1v) is 13.4. The molecule has 4 nitrogen and oxygen atoms in total. The summed E-state index contributed by atoms with van der Waals surface area (Å²) >= 11 is 0. The van der Waals surface area contributed by atoms with Gasteiger partial charge in [0.2, 0.25) is 29.3 Å². The van der Waals surface area contributed by atoms with Crippen molar-refractivity contribution in [1.29, 1.82) is 0 Å². The number of hydrogen-bond acceptors (Lipinski definition) is 2. The summed E-state index contributed by atoms with van der Waals surface area (Å²) in [6.07, 6.45) is 3.49. The summed E-state index contributed by atoms with van der Waals surface area (Å²) in [5.41, 5.74) is 4.38. The van der Waals surface area contributed by atoms with Gasteiger partial charge in [0.05, 0.1) is 13.1 Å². The summed E-state index contributed by atoms with van der Waals surface area (Å²) in [4.78, 5) is 27.4. The number of imidazole rings is 1. The van der Waals surface area contributed by atoms with E-state index in [1.807, 2.05) is 39.7 Å². The molecule has 1 aromatic heterocycles. The van der Waals surface area contributed by atoms with Crippen molar-refractivity contribution in [2.24, 2.45) is 0 Å². The molecule has 0 amide bonds. The predicted molar refractivity (Wildman–Crippen MR) is 153 cm³/mol. The van der Waals surface area contributed by atoms with Gasteiger partial charge in [0.15, 0.2) is 0 Å². The first kappa shape index (κ1) is 23.3. The number of ketones is 2. The second kappa shape index (κ2) is 9.48. The van der Waals surface area contributed by atoms with Crippen molar-refractivity contribution in [3.63, 3.8) is 0 Å². The molecule has 0 radical (unpaired) electrons. The number of hydrogen-bond donors (Lipinski definition) is 0. The molecule has 0 saturated heterocycles. The molecule has 0 fully saturated rings. The molecule has 5 aromatic carbocycles. The van der Waals surface area contributed by atoms with Crippen LogP contribution < -0.4 is 4.57 Å². The minimum atomic E-state index is -0.0804. The molecule has 0 bridgehead atoms. The lowest BCUT2D eigenvalue weighted by molar-refractivity contribution is -0.697. The van der Waals surface area contributed by atoms with Crippen LogP contribution in [0.4, 0.5) is 0 Å². The van der Waals surface area contributed by atoms with Gasteiger partial charge in [-0.2, -0.15) is 0 Å². The highest BCUT2D eigenvalue weighted by Crippen LogP contribution is 2.27. The minimum absolute atomic E-state index is 0.0804. The van der Waals surface area contributed by atoms with E-state index in [2.05, 4.69) is 72.8 Å². The van der Waals surface area contributed by atoms with Crippen LogP contribution in [0.15, 0.2) is 116 Å². The zero-order chi connectivity index (χ0) is 26.3. The smallest absolute Gasteiger partial charge is 0.244 e. The van der Waals surface area contributed by atoms with Crippen molar-refractivity contribution in [1.82, 2.24) is 4.57 Å². The average molecular weight is 508 g/mol. The fourth-order valence-corrected chi connectivity index (χ4v) is 5.79. The summed E-state index contributed by atoms with van der Waals surface area (Å²) in [5, 5.41) is 4.83. The van der Waals surface area contributed by atoms with Gasteiger partial charge in [-0.05, 0) is 32.7 Å². The molecule has 0 aliphatic heterocycles. The Morgan fingerprint density at radius 3 is 1.74 bits per heavy atom. The number of carbonyl (C=O) groups excluding carboxylic acids is 2. The summed E-state index contributed by atoms with van der Waals surface area (Å²) in [7, 11) is 0. The number of aryl methyl sites for hydroxylation is 4. The molecule has 1 aliphatic rings. The predicted octanol–water partition coefficient (Wildman–Crippen LogP) is 6.34. The molecule has 4 heteroatoms. The Kier molecular flexibility index (Phi) is 5.66. The Balaban J connectivity index is 1.23. The number of nitrogens with zero attached hydrogens (tertiary/aromatic N) is 2. The molecular formula is C35H27N2O2+. The summed E-state index contributed by atoms with van der Waals surface area (Å²) in [6.45, 7) is 1.23. The van der Waals surface area contributed by atoms with Crippen LogP contribution in [0, 0.1) is 0 Å². The molecule has 0 N–H and O–H groups in total. The number of rotatable bonds is 6. The van der Waals surface area contributed by atoms with Crippen LogP contribution in [-0.2, 0) is 25.9 Å². The van der Waals surface area contributed by atoms with Crippen molar-refractivity contribution in [3.8, 4) is 0 Å². The largest absolute Gasteiger partial charge is 0.284 e. The highest BCUT2D eigenvalue weighted by atomic mass is 16.1. The second-order valence-corrected chi connectivity index (χ2v) is 10.3. The molecule has 0 unspecified atom stereocenters. The molecule has 1 heterocycles. The maximum absolute atomic E-state index is 13.7. The van der Waals surface area contributed by atoms with Gasteiger partial charge in [0.25, 0.3) is 0 Å². The first-order valence-electron chi connectivity index (χ1n) is 13.4. The monoisotopic (exact) mass is 507 g/mol. The molecule has 6 aromatic rings. The SMILES string of the molecule is O=C1c2ccccc2C(=O)c2c1n(CCc1ccc3ccccc3c1)c[n+]2CCc1ccc2ccccc2c1. The van der Waals surface area contributed by atoms with Crippen molar-refractivity contribution in [2.45, 2.75) is 25.9 Å². The van der Waals surface area contributed by atoms with E-state index < -0.39 is 0 Å². The first-order chi connectivity index (χ1) is 19.2. The van der Waals surface area contributed by atoms with Crippen LogP contribution in [0.25, 0.3) is 21.5 Å². The van der Waals surface area contributed by atoms with Gasteiger partial charge >= 0.3 is 0 Å². The normalized spacial score (nSPS) is 12.6. The number of aromatic nitrogens is 2. The fourth-order valence-electron chi connectivity index (χ4n) is 5.79. The molecule has 39 heavy (non-hydrogen) atoms. The lowest BCUT2D eigenvalue weighted by Crippen LogP contribution is -2.41. The molecule has 188 valence electrons. The Hall–Kier alpha value is -4.83. The quantitative estimate of drug-likeness (QED) is 0.247. The van der Waals surface area contributed by atoms with E-state index in [1.54, 1.807) is 12.1 Å². The Morgan fingerprint density at radius 2 is 1.10 bits per heavy atom. The molecule has 0 atom stereocenters. The maximum atomic E-state index is 13.7. The molecule has 0 saturated carbocycles. The van der Waals surface area contributed by atoms with E-state index in [0.717, 1.165) is 12.8 Å². The summed E-state index contributed by atoms with van der Waals surface area (Å²) < 4.78 is 3.97. The van der Waals surface area contributed by atoms with Gasteiger partial charge in [0.1, 0.15) is 0 Å². The lowest BCUT2D eigenvalue weighted by atomic mass is 9.89. The third-order valence-electron chi connectivity index (χ3n) is 7.83. The van der Waals surface area contributed by atoms with Crippen molar-refractivity contribution < 1.29 is 14.2 Å². The van der Waals surface area contributed by atoms with Gasteiger partial charge in [-0.3, -0.25) is 9.59 Å². The van der Waals surface area contributed by atoms with E-state index >= 15 is 0 Å². The summed E-state index contributed by atoms with van der Waals surface area (Å²) in [5.74, 6) is -0.161. The maximum Gasteiger partial charge on any atom is 0.244 e.